The van der Waals surface area contributed by atoms with Gasteiger partial charge in [0.1, 0.15) is 12.4 Å². The Hall–Kier alpha value is -3.45. The zero-order chi connectivity index (χ0) is 22.7. The van der Waals surface area contributed by atoms with Crippen molar-refractivity contribution in [2.75, 3.05) is 0 Å². The van der Waals surface area contributed by atoms with Gasteiger partial charge in [0.15, 0.2) is 9.84 Å². The van der Waals surface area contributed by atoms with Gasteiger partial charge in [0.2, 0.25) is 5.91 Å². The number of nitrogens with zero attached hydrogens (tertiary/aromatic N) is 1. The molecule has 0 aliphatic carbocycles. The number of rotatable bonds is 7. The van der Waals surface area contributed by atoms with Crippen LogP contribution in [0.25, 0.3) is 10.9 Å². The first-order chi connectivity index (χ1) is 15.3. The molecule has 4 aromatic rings. The zero-order valence-corrected chi connectivity index (χ0v) is 18.4. The molecule has 0 fully saturated rings. The first-order valence-electron chi connectivity index (χ1n) is 10.2. The van der Waals surface area contributed by atoms with E-state index in [4.69, 9.17) is 0 Å². The number of fused-ring (bicyclic) bond motifs is 1. The van der Waals surface area contributed by atoms with Crippen molar-refractivity contribution >= 4 is 26.6 Å². The largest absolute Gasteiger partial charge is 0.350 e. The average molecular weight is 451 g/mol. The van der Waals surface area contributed by atoms with Crippen molar-refractivity contribution in [1.82, 2.24) is 9.88 Å². The van der Waals surface area contributed by atoms with Gasteiger partial charge in [0.25, 0.3) is 0 Å². The maximum Gasteiger partial charge on any atom is 0.240 e. The molecule has 1 heterocycles. The van der Waals surface area contributed by atoms with E-state index in [1.54, 1.807) is 34.9 Å². The molecule has 3 aromatic carbocycles. The highest BCUT2D eigenvalue weighted by Gasteiger charge is 2.23. The molecule has 0 atom stereocenters. The fraction of sp³-hybridized carbons (Fsp3) is 0.160. The summed E-state index contributed by atoms with van der Waals surface area (Å²) in [6.45, 7) is 2.12. The van der Waals surface area contributed by atoms with Crippen LogP contribution in [0.5, 0.6) is 0 Å². The molecular formula is C25H23FN2O3S. The molecule has 0 unspecified atom stereocenters. The molecule has 0 saturated heterocycles. The molecule has 0 radical (unpaired) electrons. The number of carbonyl (C=O) groups is 1. The minimum absolute atomic E-state index is 0.0262. The molecule has 1 aromatic heterocycles. The maximum atomic E-state index is 13.3. The monoisotopic (exact) mass is 450 g/mol. The normalized spacial score (nSPS) is 11.6. The van der Waals surface area contributed by atoms with Crippen LogP contribution in [0, 0.1) is 12.7 Å². The minimum Gasteiger partial charge on any atom is -0.350 e. The number of para-hydroxylation sites is 1. The number of amides is 1. The van der Waals surface area contributed by atoms with Gasteiger partial charge in [-0.3, -0.25) is 4.79 Å². The van der Waals surface area contributed by atoms with Crippen LogP contribution in [-0.4, -0.2) is 18.9 Å². The lowest BCUT2D eigenvalue weighted by Gasteiger charge is -2.08. The van der Waals surface area contributed by atoms with Crippen LogP contribution in [0.4, 0.5) is 4.39 Å². The number of aryl methyl sites for hydroxylation is 1. The summed E-state index contributed by atoms with van der Waals surface area (Å²) in [5, 5.41) is 3.39. The maximum absolute atomic E-state index is 13.3. The molecular weight excluding hydrogens is 427 g/mol. The fourth-order valence-corrected chi connectivity index (χ4v) is 5.34. The second-order valence-corrected chi connectivity index (χ2v) is 9.69. The molecule has 32 heavy (non-hydrogen) atoms. The SMILES string of the molecule is Cc1ccccc1CS(=O)(=O)c1cn(CC(=O)NCc2ccc(F)cc2)c2ccccc12. The van der Waals surface area contributed by atoms with Crippen LogP contribution >= 0.6 is 0 Å². The van der Waals surface area contributed by atoms with Crippen LogP contribution in [0.1, 0.15) is 16.7 Å². The summed E-state index contributed by atoms with van der Waals surface area (Å²) in [7, 11) is -3.62. The topological polar surface area (TPSA) is 68.2 Å². The Morgan fingerprint density at radius 2 is 1.66 bits per heavy atom. The predicted molar refractivity (Wildman–Crippen MR) is 122 cm³/mol. The van der Waals surface area contributed by atoms with Crippen LogP contribution < -0.4 is 5.32 Å². The van der Waals surface area contributed by atoms with E-state index >= 15 is 0 Å². The molecule has 5 nitrogen and oxygen atoms in total. The fourth-order valence-electron chi connectivity index (χ4n) is 3.66. The Balaban J connectivity index is 1.58. The number of aromatic nitrogens is 1. The third kappa shape index (κ3) is 4.73. The molecule has 0 spiro atoms. The highest BCUT2D eigenvalue weighted by Crippen LogP contribution is 2.28. The van der Waals surface area contributed by atoms with Crippen molar-refractivity contribution in [3.8, 4) is 0 Å². The number of carbonyl (C=O) groups excluding carboxylic acids is 1. The van der Waals surface area contributed by atoms with Crippen molar-refractivity contribution < 1.29 is 17.6 Å². The Kier molecular flexibility index (Phi) is 6.10. The van der Waals surface area contributed by atoms with Gasteiger partial charge in [-0.1, -0.05) is 54.6 Å². The van der Waals surface area contributed by atoms with Crippen molar-refractivity contribution in [3.63, 3.8) is 0 Å². The molecule has 0 saturated carbocycles. The van der Waals surface area contributed by atoms with Gasteiger partial charge in [-0.2, -0.15) is 0 Å². The highest BCUT2D eigenvalue weighted by molar-refractivity contribution is 7.90. The summed E-state index contributed by atoms with van der Waals surface area (Å²) in [6.07, 6.45) is 1.54. The van der Waals surface area contributed by atoms with Crippen molar-refractivity contribution in [2.24, 2.45) is 0 Å². The second kappa shape index (κ2) is 8.96. The number of hydrogen-bond donors (Lipinski definition) is 1. The molecule has 164 valence electrons. The van der Waals surface area contributed by atoms with Crippen LogP contribution in [0.3, 0.4) is 0 Å². The van der Waals surface area contributed by atoms with Gasteiger partial charge in [0, 0.05) is 23.6 Å². The van der Waals surface area contributed by atoms with Crippen molar-refractivity contribution in [3.05, 3.63) is 102 Å². The van der Waals surface area contributed by atoms with Gasteiger partial charge >= 0.3 is 0 Å². The van der Waals surface area contributed by atoms with E-state index < -0.39 is 9.84 Å². The van der Waals surface area contributed by atoms with Gasteiger partial charge in [-0.25, -0.2) is 12.8 Å². The third-order valence-electron chi connectivity index (χ3n) is 5.41. The van der Waals surface area contributed by atoms with Crippen molar-refractivity contribution in [1.29, 1.82) is 0 Å². The van der Waals surface area contributed by atoms with Gasteiger partial charge in [0.05, 0.1) is 10.6 Å². The van der Waals surface area contributed by atoms with E-state index in [1.807, 2.05) is 37.3 Å². The molecule has 0 bridgehead atoms. The minimum atomic E-state index is -3.62. The molecule has 4 rings (SSSR count). The molecule has 1 amide bonds. The molecule has 0 aliphatic rings. The first-order valence-corrected chi connectivity index (χ1v) is 11.8. The lowest BCUT2D eigenvalue weighted by Crippen LogP contribution is -2.26. The Morgan fingerprint density at radius 3 is 2.41 bits per heavy atom. The standard InChI is InChI=1S/C25H23FN2O3S/c1-18-6-2-3-7-20(18)17-32(30,31)24-15-28(23-9-5-4-8-22(23)24)16-25(29)27-14-19-10-12-21(26)13-11-19/h2-13,15H,14,16-17H2,1H3,(H,27,29). The summed E-state index contributed by atoms with van der Waals surface area (Å²) in [5.74, 6) is -0.707. The van der Waals surface area contributed by atoms with E-state index in [0.29, 0.717) is 10.9 Å². The molecule has 1 N–H and O–H groups in total. The van der Waals surface area contributed by atoms with Crippen LogP contribution in [-0.2, 0) is 33.5 Å². The predicted octanol–water partition coefficient (Wildman–Crippen LogP) is 4.38. The number of sulfone groups is 1. The second-order valence-electron chi connectivity index (χ2n) is 7.73. The van der Waals surface area contributed by atoms with E-state index in [9.17, 15) is 17.6 Å². The summed E-state index contributed by atoms with van der Waals surface area (Å²) < 4.78 is 41.2. The quantitative estimate of drug-likeness (QED) is 0.454. The summed E-state index contributed by atoms with van der Waals surface area (Å²) in [6, 6.07) is 20.5. The highest BCUT2D eigenvalue weighted by atomic mass is 32.2. The van der Waals surface area contributed by atoms with Crippen molar-refractivity contribution in [2.45, 2.75) is 30.7 Å². The third-order valence-corrected chi connectivity index (χ3v) is 7.10. The van der Waals surface area contributed by atoms with E-state index in [2.05, 4.69) is 5.32 Å². The summed E-state index contributed by atoms with van der Waals surface area (Å²) in [5.41, 5.74) is 3.12. The smallest absolute Gasteiger partial charge is 0.240 e. The van der Waals surface area contributed by atoms with Gasteiger partial charge in [-0.05, 0) is 41.8 Å². The average Bonchev–Trinajstić information content (AvgIpc) is 3.14. The first kappa shape index (κ1) is 21.8. The lowest BCUT2D eigenvalue weighted by molar-refractivity contribution is -0.121. The van der Waals surface area contributed by atoms with Crippen LogP contribution in [0.2, 0.25) is 0 Å². The molecule has 7 heteroatoms. The number of hydrogen-bond acceptors (Lipinski definition) is 3. The zero-order valence-electron chi connectivity index (χ0n) is 17.6. The lowest BCUT2D eigenvalue weighted by atomic mass is 10.1. The molecule has 0 aliphatic heterocycles. The summed E-state index contributed by atoms with van der Waals surface area (Å²) in [4.78, 5) is 12.7. The number of nitrogens with one attached hydrogen (secondary N) is 1. The Bertz CT molecular complexity index is 1380. The Morgan fingerprint density at radius 1 is 0.969 bits per heavy atom. The van der Waals surface area contributed by atoms with E-state index in [1.165, 1.54) is 18.3 Å². The Labute approximate surface area is 186 Å². The number of benzene rings is 3. The number of halogens is 1. The van der Waals surface area contributed by atoms with E-state index in [0.717, 1.165) is 16.7 Å². The summed E-state index contributed by atoms with van der Waals surface area (Å²) >= 11 is 0. The van der Waals surface area contributed by atoms with Crippen LogP contribution in [0.15, 0.2) is 83.9 Å². The van der Waals surface area contributed by atoms with Gasteiger partial charge in [-0.15, -0.1) is 0 Å². The van der Waals surface area contributed by atoms with E-state index in [-0.39, 0.29) is 35.5 Å². The van der Waals surface area contributed by atoms with Gasteiger partial charge < -0.3 is 9.88 Å².